The molecular formula is C54H62S2. The van der Waals surface area contributed by atoms with Gasteiger partial charge < -0.3 is 0 Å². The Kier molecular flexibility index (Phi) is 13.7. The summed E-state index contributed by atoms with van der Waals surface area (Å²) in [6, 6.07) is 44.3. The monoisotopic (exact) mass is 774 g/mol. The highest BCUT2D eigenvalue weighted by Crippen LogP contribution is 2.41. The van der Waals surface area contributed by atoms with E-state index in [9.17, 15) is 0 Å². The van der Waals surface area contributed by atoms with E-state index in [0.717, 1.165) is 23.7 Å². The molecular weight excluding hydrogens is 713 g/mol. The van der Waals surface area contributed by atoms with Crippen molar-refractivity contribution in [3.05, 3.63) is 132 Å². The smallest absolute Gasteiger partial charge is 0.0360 e. The Morgan fingerprint density at radius 1 is 0.446 bits per heavy atom. The fraction of sp³-hybridized carbons (Fsp3) is 0.370. The van der Waals surface area contributed by atoms with Crippen LogP contribution >= 0.6 is 23.1 Å². The van der Waals surface area contributed by atoms with Gasteiger partial charge in [-0.1, -0.05) is 171 Å². The van der Waals surface area contributed by atoms with Crippen molar-refractivity contribution >= 4 is 54.7 Å². The molecule has 1 heterocycles. The van der Waals surface area contributed by atoms with Gasteiger partial charge in [0.25, 0.3) is 0 Å². The summed E-state index contributed by atoms with van der Waals surface area (Å²) >= 11 is 3.74. The summed E-state index contributed by atoms with van der Waals surface area (Å²) in [5, 5.41) is 8.88. The van der Waals surface area contributed by atoms with Crippen molar-refractivity contribution in [1.82, 2.24) is 0 Å². The van der Waals surface area contributed by atoms with Crippen LogP contribution in [0.5, 0.6) is 0 Å². The second-order valence-corrected chi connectivity index (χ2v) is 19.7. The maximum Gasteiger partial charge on any atom is 0.0360 e. The molecule has 0 N–H and O–H groups in total. The molecule has 2 unspecified atom stereocenters. The van der Waals surface area contributed by atoms with Gasteiger partial charge in [0.2, 0.25) is 0 Å². The fourth-order valence-corrected chi connectivity index (χ4v) is 10.3. The van der Waals surface area contributed by atoms with Crippen LogP contribution in [-0.4, -0.2) is 0 Å². The SMILES string of the molecule is CC(C)CCCC(C)CCc1ccc(-c2ccc3ccc(Sc4csc5cc6cc(-c7ccc(CCC(C)CCCC(C)C)cc7)ccc6cc45)cc3c2)cc1. The summed E-state index contributed by atoms with van der Waals surface area (Å²) in [6.45, 7) is 14.2. The van der Waals surface area contributed by atoms with Gasteiger partial charge in [-0.05, 0) is 141 Å². The first-order valence-electron chi connectivity index (χ1n) is 21.5. The van der Waals surface area contributed by atoms with Gasteiger partial charge in [0, 0.05) is 25.3 Å². The van der Waals surface area contributed by atoms with Crippen molar-refractivity contribution in [3.8, 4) is 22.3 Å². The van der Waals surface area contributed by atoms with Crippen LogP contribution in [0.3, 0.4) is 0 Å². The number of benzene rings is 6. The molecule has 2 atom stereocenters. The molecule has 2 heteroatoms. The van der Waals surface area contributed by atoms with Gasteiger partial charge in [-0.25, -0.2) is 0 Å². The normalized spacial score (nSPS) is 13.1. The number of aryl methyl sites for hydroxylation is 2. The lowest BCUT2D eigenvalue weighted by molar-refractivity contribution is 0.437. The topological polar surface area (TPSA) is 0 Å². The minimum absolute atomic E-state index is 0.794. The van der Waals surface area contributed by atoms with Crippen molar-refractivity contribution in [3.63, 3.8) is 0 Å². The fourth-order valence-electron chi connectivity index (χ4n) is 8.19. The number of hydrogen-bond donors (Lipinski definition) is 0. The molecule has 0 fully saturated rings. The maximum absolute atomic E-state index is 2.42. The molecule has 0 bridgehead atoms. The largest absolute Gasteiger partial charge is 0.143 e. The molecule has 0 radical (unpaired) electrons. The van der Waals surface area contributed by atoms with E-state index in [4.69, 9.17) is 0 Å². The third kappa shape index (κ3) is 10.8. The molecule has 6 aromatic carbocycles. The molecule has 7 rings (SSSR count). The highest BCUT2D eigenvalue weighted by molar-refractivity contribution is 7.99. The number of fused-ring (bicyclic) bond motifs is 3. The zero-order chi connectivity index (χ0) is 39.0. The lowest BCUT2D eigenvalue weighted by Gasteiger charge is -2.12. The van der Waals surface area contributed by atoms with Gasteiger partial charge in [0.1, 0.15) is 0 Å². The Balaban J connectivity index is 0.993. The van der Waals surface area contributed by atoms with E-state index >= 15 is 0 Å². The summed E-state index contributed by atoms with van der Waals surface area (Å²) in [5.74, 6) is 3.22. The van der Waals surface area contributed by atoms with E-state index < -0.39 is 0 Å². The van der Waals surface area contributed by atoms with E-state index in [1.54, 1.807) is 0 Å². The number of hydrogen-bond acceptors (Lipinski definition) is 2. The van der Waals surface area contributed by atoms with Crippen LogP contribution in [0.25, 0.3) is 53.9 Å². The zero-order valence-corrected chi connectivity index (χ0v) is 36.4. The number of thiophene rings is 1. The molecule has 1 aromatic heterocycles. The van der Waals surface area contributed by atoms with Crippen molar-refractivity contribution < 1.29 is 0 Å². The van der Waals surface area contributed by atoms with Crippen LogP contribution in [0.15, 0.2) is 130 Å². The highest BCUT2D eigenvalue weighted by atomic mass is 32.2. The maximum atomic E-state index is 2.42. The van der Waals surface area contributed by atoms with E-state index in [-0.39, 0.29) is 0 Å². The molecule has 0 nitrogen and oxygen atoms in total. The first kappa shape index (κ1) is 40.4. The van der Waals surface area contributed by atoms with Crippen LogP contribution in [0.2, 0.25) is 0 Å². The van der Waals surface area contributed by atoms with Gasteiger partial charge in [-0.15, -0.1) is 11.3 Å². The summed E-state index contributed by atoms with van der Waals surface area (Å²) < 4.78 is 1.35. The lowest BCUT2D eigenvalue weighted by Crippen LogP contribution is -1.99. The van der Waals surface area contributed by atoms with E-state index in [0.29, 0.717) is 0 Å². The molecule has 56 heavy (non-hydrogen) atoms. The summed E-state index contributed by atoms with van der Waals surface area (Å²) in [6.07, 6.45) is 13.0. The Hall–Kier alpha value is -3.85. The molecule has 0 aliphatic rings. The quantitative estimate of drug-likeness (QED) is 0.0837. The third-order valence-electron chi connectivity index (χ3n) is 11.9. The van der Waals surface area contributed by atoms with E-state index in [1.807, 2.05) is 23.1 Å². The Morgan fingerprint density at radius 3 is 1.50 bits per heavy atom. The first-order chi connectivity index (χ1) is 27.2. The second-order valence-electron chi connectivity index (χ2n) is 17.7. The van der Waals surface area contributed by atoms with Crippen LogP contribution in [0.4, 0.5) is 0 Å². The Labute approximate surface area is 346 Å². The minimum atomic E-state index is 0.794. The van der Waals surface area contributed by atoms with E-state index in [2.05, 4.69) is 162 Å². The van der Waals surface area contributed by atoms with Gasteiger partial charge in [0.15, 0.2) is 0 Å². The standard InChI is InChI=1S/C54H62S2/c1-37(2)9-7-11-39(5)13-15-41-17-21-43(22-18-41)46-26-25-45-29-30-51(33-49(45)31-46)56-54-36-55-53-35-50-32-47(27-28-48(50)34-52(53)54)44-23-19-42(20-24-44)16-14-40(6)12-8-10-38(3)4/h17-40H,7-16H2,1-6H3. The molecule has 0 aliphatic heterocycles. The minimum Gasteiger partial charge on any atom is -0.143 e. The lowest BCUT2D eigenvalue weighted by atomic mass is 9.93. The van der Waals surface area contributed by atoms with Crippen molar-refractivity contribution in [2.45, 2.75) is 116 Å². The van der Waals surface area contributed by atoms with Crippen molar-refractivity contribution in [2.75, 3.05) is 0 Å². The van der Waals surface area contributed by atoms with Crippen LogP contribution < -0.4 is 0 Å². The summed E-state index contributed by atoms with van der Waals surface area (Å²) in [5.41, 5.74) is 8.08. The zero-order valence-electron chi connectivity index (χ0n) is 34.7. The molecule has 0 spiro atoms. The molecule has 0 amide bonds. The molecule has 0 saturated heterocycles. The molecule has 7 aromatic rings. The van der Waals surface area contributed by atoms with Gasteiger partial charge in [0.05, 0.1) is 0 Å². The molecule has 0 aliphatic carbocycles. The second kappa shape index (κ2) is 19.1. The molecule has 290 valence electrons. The number of rotatable bonds is 18. The highest BCUT2D eigenvalue weighted by Gasteiger charge is 2.11. The Bertz CT molecular complexity index is 2320. The van der Waals surface area contributed by atoms with Gasteiger partial charge in [-0.3, -0.25) is 0 Å². The van der Waals surface area contributed by atoms with E-state index in [1.165, 1.54) is 139 Å². The molecule has 0 saturated carbocycles. The van der Waals surface area contributed by atoms with Crippen molar-refractivity contribution in [2.24, 2.45) is 23.7 Å². The van der Waals surface area contributed by atoms with Crippen LogP contribution in [0, 0.1) is 23.7 Å². The van der Waals surface area contributed by atoms with Crippen molar-refractivity contribution in [1.29, 1.82) is 0 Å². The van der Waals surface area contributed by atoms with Crippen LogP contribution in [0.1, 0.15) is 104 Å². The average Bonchev–Trinajstić information content (AvgIpc) is 3.58. The van der Waals surface area contributed by atoms with Gasteiger partial charge in [-0.2, -0.15) is 0 Å². The van der Waals surface area contributed by atoms with Crippen LogP contribution in [-0.2, 0) is 12.8 Å². The predicted octanol–water partition coefficient (Wildman–Crippen LogP) is 17.5. The Morgan fingerprint density at radius 2 is 0.946 bits per heavy atom. The summed E-state index contributed by atoms with van der Waals surface area (Å²) in [7, 11) is 0. The average molecular weight is 775 g/mol. The van der Waals surface area contributed by atoms with Gasteiger partial charge >= 0.3 is 0 Å². The third-order valence-corrected chi connectivity index (χ3v) is 14.1. The first-order valence-corrected chi connectivity index (χ1v) is 23.2. The summed E-state index contributed by atoms with van der Waals surface area (Å²) in [4.78, 5) is 2.62. The predicted molar refractivity (Wildman–Crippen MR) is 251 cm³/mol.